The molecule has 22 heavy (non-hydrogen) atoms. The molecule has 0 amide bonds. The number of methoxy groups -OCH3 is 1. The minimum atomic E-state index is -3.85. The first-order valence-electron chi connectivity index (χ1n) is 6.52. The normalized spacial score (nSPS) is 11.3. The number of rotatable bonds is 5. The molecule has 2 aromatic rings. The van der Waals surface area contributed by atoms with Crippen molar-refractivity contribution in [2.75, 3.05) is 11.8 Å². The van der Waals surface area contributed by atoms with E-state index in [-0.39, 0.29) is 14.9 Å². The number of halogens is 2. The molecule has 0 aliphatic rings. The van der Waals surface area contributed by atoms with Gasteiger partial charge in [-0.25, -0.2) is 8.42 Å². The van der Waals surface area contributed by atoms with E-state index in [9.17, 15) is 8.42 Å². The zero-order valence-electron chi connectivity index (χ0n) is 12.1. The summed E-state index contributed by atoms with van der Waals surface area (Å²) in [5.74, 6) is 0.319. The molecule has 0 radical (unpaired) electrons. The van der Waals surface area contributed by atoms with Crippen LogP contribution < -0.4 is 9.46 Å². The SMILES string of the molecule is CCc1ccccc1NS(=O)(=O)c1cc(Cl)c(OC)cc1Cl. The van der Waals surface area contributed by atoms with Gasteiger partial charge >= 0.3 is 0 Å². The Morgan fingerprint density at radius 3 is 2.45 bits per heavy atom. The van der Waals surface area contributed by atoms with E-state index in [0.717, 1.165) is 5.56 Å². The van der Waals surface area contributed by atoms with Crippen molar-refractivity contribution in [2.45, 2.75) is 18.2 Å². The summed E-state index contributed by atoms with van der Waals surface area (Å²) in [5.41, 5.74) is 1.41. The molecular formula is C15H15Cl2NO3S. The average molecular weight is 360 g/mol. The summed E-state index contributed by atoms with van der Waals surface area (Å²) in [4.78, 5) is -0.0918. The van der Waals surface area contributed by atoms with Crippen molar-refractivity contribution in [3.8, 4) is 5.75 Å². The van der Waals surface area contributed by atoms with E-state index >= 15 is 0 Å². The lowest BCUT2D eigenvalue weighted by atomic mass is 10.1. The summed E-state index contributed by atoms with van der Waals surface area (Å²) in [6.45, 7) is 1.95. The molecule has 0 saturated heterocycles. The number of para-hydroxylation sites is 1. The van der Waals surface area contributed by atoms with Gasteiger partial charge in [0.25, 0.3) is 10.0 Å². The fourth-order valence-electron chi connectivity index (χ4n) is 2.00. The molecule has 4 nitrogen and oxygen atoms in total. The first-order chi connectivity index (χ1) is 10.4. The second kappa shape index (κ2) is 6.77. The molecular weight excluding hydrogens is 345 g/mol. The first kappa shape index (κ1) is 16.9. The predicted molar refractivity (Wildman–Crippen MR) is 89.6 cm³/mol. The average Bonchev–Trinajstić information content (AvgIpc) is 2.49. The molecule has 0 saturated carbocycles. The van der Waals surface area contributed by atoms with E-state index in [1.807, 2.05) is 19.1 Å². The van der Waals surface area contributed by atoms with Crippen molar-refractivity contribution in [2.24, 2.45) is 0 Å². The number of hydrogen-bond donors (Lipinski definition) is 1. The van der Waals surface area contributed by atoms with E-state index in [1.165, 1.54) is 19.2 Å². The molecule has 0 atom stereocenters. The summed E-state index contributed by atoms with van der Waals surface area (Å²) in [5, 5.41) is 0.221. The van der Waals surface area contributed by atoms with Crippen LogP contribution in [0.15, 0.2) is 41.3 Å². The number of ether oxygens (including phenoxy) is 1. The van der Waals surface area contributed by atoms with Crippen LogP contribution in [-0.2, 0) is 16.4 Å². The van der Waals surface area contributed by atoms with E-state index in [1.54, 1.807) is 12.1 Å². The van der Waals surface area contributed by atoms with Gasteiger partial charge in [0.05, 0.1) is 22.8 Å². The number of nitrogens with one attached hydrogen (secondary N) is 1. The number of hydrogen-bond acceptors (Lipinski definition) is 3. The molecule has 0 heterocycles. The maximum Gasteiger partial charge on any atom is 0.263 e. The van der Waals surface area contributed by atoms with Crippen LogP contribution in [0.2, 0.25) is 10.0 Å². The van der Waals surface area contributed by atoms with Crippen molar-refractivity contribution in [1.82, 2.24) is 0 Å². The number of benzene rings is 2. The highest BCUT2D eigenvalue weighted by atomic mass is 35.5. The third-order valence-electron chi connectivity index (χ3n) is 3.14. The lowest BCUT2D eigenvalue weighted by Crippen LogP contribution is -2.14. The largest absolute Gasteiger partial charge is 0.495 e. The summed E-state index contributed by atoms with van der Waals surface area (Å²) in [7, 11) is -2.41. The summed E-state index contributed by atoms with van der Waals surface area (Å²) < 4.78 is 32.7. The maximum atomic E-state index is 12.5. The Balaban J connectivity index is 2.45. The Kier molecular flexibility index (Phi) is 5.21. The third kappa shape index (κ3) is 3.48. The molecule has 0 unspecified atom stereocenters. The minimum absolute atomic E-state index is 0.0442. The Bertz CT molecular complexity index is 791. The van der Waals surface area contributed by atoms with Crippen molar-refractivity contribution in [3.63, 3.8) is 0 Å². The van der Waals surface area contributed by atoms with Gasteiger partial charge in [-0.15, -0.1) is 0 Å². The molecule has 0 aliphatic heterocycles. The molecule has 0 aliphatic carbocycles. The van der Waals surface area contributed by atoms with Gasteiger partial charge in [0, 0.05) is 6.07 Å². The number of anilines is 1. The molecule has 0 spiro atoms. The van der Waals surface area contributed by atoms with Gasteiger partial charge in [-0.05, 0) is 24.1 Å². The van der Waals surface area contributed by atoms with E-state index in [0.29, 0.717) is 17.9 Å². The molecule has 118 valence electrons. The Morgan fingerprint density at radius 1 is 1.14 bits per heavy atom. The van der Waals surface area contributed by atoms with Gasteiger partial charge in [-0.1, -0.05) is 48.3 Å². The third-order valence-corrected chi connectivity index (χ3v) is 5.26. The fraction of sp³-hybridized carbons (Fsp3) is 0.200. The van der Waals surface area contributed by atoms with Crippen LogP contribution in [0.25, 0.3) is 0 Å². The van der Waals surface area contributed by atoms with Crippen LogP contribution in [0.3, 0.4) is 0 Å². The molecule has 0 bridgehead atoms. The van der Waals surface area contributed by atoms with Crippen LogP contribution in [0.5, 0.6) is 5.75 Å². The highest BCUT2D eigenvalue weighted by molar-refractivity contribution is 7.92. The highest BCUT2D eigenvalue weighted by Gasteiger charge is 2.21. The number of aryl methyl sites for hydroxylation is 1. The van der Waals surface area contributed by atoms with Gasteiger partial charge in [0.1, 0.15) is 10.6 Å². The van der Waals surface area contributed by atoms with E-state index < -0.39 is 10.0 Å². The summed E-state index contributed by atoms with van der Waals surface area (Å²) in [6, 6.07) is 9.84. The lowest BCUT2D eigenvalue weighted by Gasteiger charge is -2.13. The second-order valence-electron chi connectivity index (χ2n) is 4.53. The zero-order valence-corrected chi connectivity index (χ0v) is 14.4. The van der Waals surface area contributed by atoms with Crippen LogP contribution in [0.1, 0.15) is 12.5 Å². The minimum Gasteiger partial charge on any atom is -0.495 e. The quantitative estimate of drug-likeness (QED) is 0.862. The van der Waals surface area contributed by atoms with Crippen molar-refractivity contribution in [1.29, 1.82) is 0 Å². The van der Waals surface area contributed by atoms with Crippen LogP contribution in [-0.4, -0.2) is 15.5 Å². The predicted octanol–water partition coefficient (Wildman–Crippen LogP) is 4.37. The highest BCUT2D eigenvalue weighted by Crippen LogP contribution is 2.34. The van der Waals surface area contributed by atoms with Crippen LogP contribution >= 0.6 is 23.2 Å². The molecule has 1 N–H and O–H groups in total. The van der Waals surface area contributed by atoms with Crippen molar-refractivity contribution in [3.05, 3.63) is 52.0 Å². The standard InChI is InChI=1S/C15H15Cl2NO3S/c1-3-10-6-4-5-7-13(10)18-22(19,20)15-9-11(16)14(21-2)8-12(15)17/h4-9,18H,3H2,1-2H3. The lowest BCUT2D eigenvalue weighted by molar-refractivity contribution is 0.414. The van der Waals surface area contributed by atoms with Crippen LogP contribution in [0, 0.1) is 0 Å². The summed E-state index contributed by atoms with van der Waals surface area (Å²) >= 11 is 12.0. The van der Waals surface area contributed by atoms with Gasteiger partial charge in [-0.3, -0.25) is 4.72 Å². The Morgan fingerprint density at radius 2 is 1.82 bits per heavy atom. The maximum absolute atomic E-state index is 12.5. The molecule has 0 fully saturated rings. The topological polar surface area (TPSA) is 55.4 Å². The van der Waals surface area contributed by atoms with Gasteiger partial charge < -0.3 is 4.74 Å². The smallest absolute Gasteiger partial charge is 0.263 e. The second-order valence-corrected chi connectivity index (χ2v) is 7.00. The van der Waals surface area contributed by atoms with Gasteiger partial charge in [0.15, 0.2) is 0 Å². The zero-order chi connectivity index (χ0) is 16.3. The molecule has 2 rings (SSSR count). The monoisotopic (exact) mass is 359 g/mol. The van der Waals surface area contributed by atoms with Crippen molar-refractivity contribution >= 4 is 38.9 Å². The molecule has 2 aromatic carbocycles. The first-order valence-corrected chi connectivity index (χ1v) is 8.76. The molecule has 0 aromatic heterocycles. The van der Waals surface area contributed by atoms with Crippen molar-refractivity contribution < 1.29 is 13.2 Å². The van der Waals surface area contributed by atoms with E-state index in [2.05, 4.69) is 4.72 Å². The van der Waals surface area contributed by atoms with Crippen LogP contribution in [0.4, 0.5) is 5.69 Å². The van der Waals surface area contributed by atoms with E-state index in [4.69, 9.17) is 27.9 Å². The number of sulfonamides is 1. The fourth-order valence-corrected chi connectivity index (χ4v) is 3.95. The Labute approximate surface area is 140 Å². The van der Waals surface area contributed by atoms with Gasteiger partial charge in [0.2, 0.25) is 0 Å². The Hall–Kier alpha value is -1.43. The van der Waals surface area contributed by atoms with Gasteiger partial charge in [-0.2, -0.15) is 0 Å². The molecule has 7 heteroatoms. The summed E-state index contributed by atoms with van der Waals surface area (Å²) in [6.07, 6.45) is 0.704.